The van der Waals surface area contributed by atoms with Crippen molar-refractivity contribution in [3.05, 3.63) is 72.4 Å². The van der Waals surface area contributed by atoms with Crippen LogP contribution in [0.4, 0.5) is 10.1 Å². The van der Waals surface area contributed by atoms with Gasteiger partial charge in [0.1, 0.15) is 11.5 Å². The molecule has 1 unspecified atom stereocenters. The second-order valence-electron chi connectivity index (χ2n) is 8.13. The Morgan fingerprint density at radius 1 is 1.09 bits per heavy atom. The van der Waals surface area contributed by atoms with Crippen LogP contribution in [-0.4, -0.2) is 59.8 Å². The first-order chi connectivity index (χ1) is 16.9. The third-order valence-electron chi connectivity index (χ3n) is 6.04. The Bertz CT molecular complexity index is 1190. The number of rotatable bonds is 10. The van der Waals surface area contributed by atoms with Gasteiger partial charge in [-0.2, -0.15) is 0 Å². The van der Waals surface area contributed by atoms with Gasteiger partial charge >= 0.3 is 0 Å². The van der Waals surface area contributed by atoms with Gasteiger partial charge in [0.25, 0.3) is 0 Å². The molecule has 1 aliphatic heterocycles. The largest absolute Gasteiger partial charge is 0.497 e. The normalized spacial score (nSPS) is 15.7. The molecule has 4 rings (SSSR count). The fourth-order valence-corrected chi connectivity index (χ4v) is 5.22. The topological polar surface area (TPSA) is 84.2 Å². The van der Waals surface area contributed by atoms with Gasteiger partial charge in [-0.15, -0.1) is 0 Å². The van der Waals surface area contributed by atoms with Gasteiger partial charge < -0.3 is 18.8 Å². The number of benzene rings is 2. The van der Waals surface area contributed by atoms with Crippen molar-refractivity contribution in [3.63, 3.8) is 0 Å². The zero-order valence-corrected chi connectivity index (χ0v) is 20.6. The van der Waals surface area contributed by atoms with E-state index in [-0.39, 0.29) is 29.8 Å². The number of hydrogen-bond acceptors (Lipinski definition) is 7. The van der Waals surface area contributed by atoms with Crippen molar-refractivity contribution in [2.24, 2.45) is 0 Å². The number of ether oxygens (including phenoxy) is 2. The fourth-order valence-electron chi connectivity index (χ4n) is 4.17. The van der Waals surface area contributed by atoms with Crippen LogP contribution in [0.1, 0.15) is 18.7 Å². The molecule has 1 saturated heterocycles. The van der Waals surface area contributed by atoms with Gasteiger partial charge in [-0.1, -0.05) is 0 Å². The molecule has 0 radical (unpaired) electrons. The summed E-state index contributed by atoms with van der Waals surface area (Å²) in [7, 11) is -2.29. The standard InChI is InChI=1S/C25H30FN3O5S/c1-3-33-24-11-10-21(17-22(24)26)35(30,31)27-18-23(25-5-4-16-34-25)29-14-12-28(13-15-29)19-6-8-20(32-2)9-7-19/h4-11,16-17,23,27H,3,12-15,18H2,1-2H3. The molecular weight excluding hydrogens is 473 g/mol. The number of methoxy groups -OCH3 is 1. The van der Waals surface area contributed by atoms with E-state index in [1.54, 1.807) is 26.4 Å². The summed E-state index contributed by atoms with van der Waals surface area (Å²) < 4.78 is 58.7. The highest BCUT2D eigenvalue weighted by Crippen LogP contribution is 2.27. The predicted octanol–water partition coefficient (Wildman–Crippen LogP) is 3.67. The predicted molar refractivity (Wildman–Crippen MR) is 131 cm³/mol. The van der Waals surface area contributed by atoms with E-state index in [1.165, 1.54) is 12.1 Å². The van der Waals surface area contributed by atoms with Crippen LogP contribution in [0.25, 0.3) is 0 Å². The van der Waals surface area contributed by atoms with Crippen LogP contribution >= 0.6 is 0 Å². The summed E-state index contributed by atoms with van der Waals surface area (Å²) in [6.45, 7) is 5.11. The minimum absolute atomic E-state index is 0.0228. The minimum Gasteiger partial charge on any atom is -0.497 e. The van der Waals surface area contributed by atoms with E-state index in [4.69, 9.17) is 13.9 Å². The van der Waals surface area contributed by atoms with Gasteiger partial charge in [0.15, 0.2) is 11.6 Å². The number of hydrogen-bond donors (Lipinski definition) is 1. The summed E-state index contributed by atoms with van der Waals surface area (Å²) in [5.74, 6) is 0.787. The van der Waals surface area contributed by atoms with E-state index in [1.807, 2.05) is 30.3 Å². The Kier molecular flexibility index (Phi) is 7.94. The zero-order chi connectivity index (χ0) is 24.8. The van der Waals surface area contributed by atoms with Crippen molar-refractivity contribution in [1.82, 2.24) is 9.62 Å². The second-order valence-corrected chi connectivity index (χ2v) is 9.90. The summed E-state index contributed by atoms with van der Waals surface area (Å²) >= 11 is 0. The lowest BCUT2D eigenvalue weighted by atomic mass is 10.1. The molecule has 1 fully saturated rings. The van der Waals surface area contributed by atoms with Gasteiger partial charge in [-0.25, -0.2) is 17.5 Å². The highest BCUT2D eigenvalue weighted by molar-refractivity contribution is 7.89. The van der Waals surface area contributed by atoms with Crippen LogP contribution in [0.2, 0.25) is 0 Å². The van der Waals surface area contributed by atoms with E-state index in [2.05, 4.69) is 14.5 Å². The van der Waals surface area contributed by atoms with Crippen molar-refractivity contribution in [2.75, 3.05) is 51.3 Å². The zero-order valence-electron chi connectivity index (χ0n) is 19.8. The number of nitrogens with zero attached hydrogens (tertiary/aromatic N) is 2. The van der Waals surface area contributed by atoms with E-state index in [9.17, 15) is 12.8 Å². The smallest absolute Gasteiger partial charge is 0.240 e. The molecule has 3 aromatic rings. The van der Waals surface area contributed by atoms with Crippen LogP contribution in [0.5, 0.6) is 11.5 Å². The van der Waals surface area contributed by atoms with Crippen LogP contribution in [-0.2, 0) is 10.0 Å². The number of anilines is 1. The highest BCUT2D eigenvalue weighted by Gasteiger charge is 2.29. The third-order valence-corrected chi connectivity index (χ3v) is 7.47. The lowest BCUT2D eigenvalue weighted by Crippen LogP contribution is -2.49. The number of furan rings is 1. The molecule has 0 spiro atoms. The summed E-state index contributed by atoms with van der Waals surface area (Å²) in [6.07, 6.45) is 1.58. The molecule has 1 aliphatic rings. The molecule has 10 heteroatoms. The van der Waals surface area contributed by atoms with E-state index < -0.39 is 15.8 Å². The number of sulfonamides is 1. The summed E-state index contributed by atoms with van der Waals surface area (Å²) in [4.78, 5) is 4.32. The van der Waals surface area contributed by atoms with Gasteiger partial charge in [-0.3, -0.25) is 4.90 Å². The molecule has 1 atom stereocenters. The molecule has 0 saturated carbocycles. The summed E-state index contributed by atoms with van der Waals surface area (Å²) in [5, 5.41) is 0. The summed E-state index contributed by atoms with van der Waals surface area (Å²) in [6, 6.07) is 14.9. The molecule has 2 heterocycles. The van der Waals surface area contributed by atoms with Crippen LogP contribution in [0.15, 0.2) is 70.2 Å². The molecule has 0 amide bonds. The minimum atomic E-state index is -3.94. The molecule has 2 aromatic carbocycles. The van der Waals surface area contributed by atoms with Crippen molar-refractivity contribution in [1.29, 1.82) is 0 Å². The Balaban J connectivity index is 1.43. The maximum Gasteiger partial charge on any atom is 0.240 e. The number of piperazine rings is 1. The molecule has 0 bridgehead atoms. The fraction of sp³-hybridized carbons (Fsp3) is 0.360. The third kappa shape index (κ3) is 5.95. The molecule has 35 heavy (non-hydrogen) atoms. The lowest BCUT2D eigenvalue weighted by molar-refractivity contribution is 0.166. The average Bonchev–Trinajstić information content (AvgIpc) is 3.40. The summed E-state index contributed by atoms with van der Waals surface area (Å²) in [5.41, 5.74) is 1.11. The Labute approximate surface area is 205 Å². The quantitative estimate of drug-likeness (QED) is 0.452. The highest BCUT2D eigenvalue weighted by atomic mass is 32.2. The molecule has 1 N–H and O–H groups in total. The monoisotopic (exact) mass is 503 g/mol. The Morgan fingerprint density at radius 2 is 1.83 bits per heavy atom. The first-order valence-electron chi connectivity index (χ1n) is 11.5. The lowest BCUT2D eigenvalue weighted by Gasteiger charge is -2.39. The number of halogens is 1. The van der Waals surface area contributed by atoms with Gasteiger partial charge in [-0.05, 0) is 61.5 Å². The number of nitrogens with one attached hydrogen (secondary N) is 1. The van der Waals surface area contributed by atoms with E-state index >= 15 is 0 Å². The van der Waals surface area contributed by atoms with Crippen molar-refractivity contribution in [2.45, 2.75) is 17.9 Å². The van der Waals surface area contributed by atoms with Gasteiger partial charge in [0, 0.05) is 38.4 Å². The van der Waals surface area contributed by atoms with Crippen molar-refractivity contribution < 1.29 is 26.7 Å². The maximum atomic E-state index is 14.2. The average molecular weight is 504 g/mol. The molecule has 8 nitrogen and oxygen atoms in total. The van der Waals surface area contributed by atoms with Crippen LogP contribution < -0.4 is 19.1 Å². The van der Waals surface area contributed by atoms with E-state index in [0.717, 1.165) is 43.7 Å². The molecule has 188 valence electrons. The first-order valence-corrected chi connectivity index (χ1v) is 13.0. The van der Waals surface area contributed by atoms with Gasteiger partial charge in [0.05, 0.1) is 30.9 Å². The molecule has 1 aromatic heterocycles. The van der Waals surface area contributed by atoms with Crippen molar-refractivity contribution >= 4 is 15.7 Å². The Morgan fingerprint density at radius 3 is 2.43 bits per heavy atom. The molecular formula is C25H30FN3O5S. The SMILES string of the molecule is CCOc1ccc(S(=O)(=O)NCC(c2ccco2)N2CCN(c3ccc(OC)cc3)CC2)cc1F. The van der Waals surface area contributed by atoms with Gasteiger partial charge in [0.2, 0.25) is 10.0 Å². The van der Waals surface area contributed by atoms with Crippen LogP contribution in [0.3, 0.4) is 0 Å². The van der Waals surface area contributed by atoms with E-state index in [0.29, 0.717) is 5.76 Å². The Hall–Kier alpha value is -3.08. The molecule has 0 aliphatic carbocycles. The first kappa shape index (κ1) is 25.0. The van der Waals surface area contributed by atoms with Crippen molar-refractivity contribution in [3.8, 4) is 11.5 Å². The second kappa shape index (κ2) is 11.1. The van der Waals surface area contributed by atoms with Crippen LogP contribution in [0, 0.1) is 5.82 Å². The maximum absolute atomic E-state index is 14.2.